The molecule has 4 atom stereocenters. The highest BCUT2D eigenvalue weighted by molar-refractivity contribution is 5.65. The third-order valence-corrected chi connectivity index (χ3v) is 2.89. The maximum Gasteiger partial charge on any atom is 0.404 e. The number of hydrogen-bond donors (Lipinski definition) is 3. The molecule has 0 aromatic heterocycles. The van der Waals surface area contributed by atoms with Crippen molar-refractivity contribution < 1.29 is 14.3 Å². The molecule has 2 bridgehead atoms. The lowest BCUT2D eigenvalue weighted by Crippen LogP contribution is -2.55. The number of carboxylic acid groups (broad SMARTS) is 1. The Morgan fingerprint density at radius 3 is 3.00 bits per heavy atom. The zero-order chi connectivity index (χ0) is 9.42. The summed E-state index contributed by atoms with van der Waals surface area (Å²) in [6.07, 6.45) is 0.153. The van der Waals surface area contributed by atoms with Crippen LogP contribution in [-0.4, -0.2) is 35.5 Å². The number of halogens is 1. The normalized spacial score (nSPS) is 43.2. The van der Waals surface area contributed by atoms with E-state index in [1.54, 1.807) is 0 Å². The van der Waals surface area contributed by atoms with Gasteiger partial charge in [0.1, 0.15) is 6.17 Å². The van der Waals surface area contributed by atoms with Crippen LogP contribution in [0.15, 0.2) is 0 Å². The molecule has 0 spiro atoms. The SMILES string of the molecule is O=C(O)N[C@@H]1C[C@H]2CC[C@H](N2)[C@@H]1F. The Morgan fingerprint density at radius 1 is 1.54 bits per heavy atom. The maximum atomic E-state index is 13.5. The van der Waals surface area contributed by atoms with Crippen LogP contribution in [-0.2, 0) is 0 Å². The van der Waals surface area contributed by atoms with Gasteiger partial charge >= 0.3 is 6.09 Å². The molecule has 2 aliphatic rings. The molecule has 2 rings (SSSR count). The molecule has 0 radical (unpaired) electrons. The quantitative estimate of drug-likeness (QED) is 0.561. The van der Waals surface area contributed by atoms with Crippen molar-refractivity contribution in [3.05, 3.63) is 0 Å². The van der Waals surface area contributed by atoms with Crippen molar-refractivity contribution in [2.24, 2.45) is 0 Å². The van der Waals surface area contributed by atoms with Gasteiger partial charge in [-0.25, -0.2) is 9.18 Å². The molecule has 2 heterocycles. The van der Waals surface area contributed by atoms with E-state index in [0.717, 1.165) is 12.8 Å². The maximum absolute atomic E-state index is 13.5. The first-order valence-electron chi connectivity index (χ1n) is 4.56. The average Bonchev–Trinajstić information content (AvgIpc) is 2.44. The first-order valence-corrected chi connectivity index (χ1v) is 4.56. The van der Waals surface area contributed by atoms with Crippen molar-refractivity contribution in [3.63, 3.8) is 0 Å². The number of carbonyl (C=O) groups is 1. The summed E-state index contributed by atoms with van der Waals surface area (Å²) < 4.78 is 13.5. The van der Waals surface area contributed by atoms with Gasteiger partial charge in [-0.2, -0.15) is 0 Å². The highest BCUT2D eigenvalue weighted by atomic mass is 19.1. The predicted octanol–water partition coefficient (Wildman–Crippen LogP) is 0.485. The van der Waals surface area contributed by atoms with Gasteiger partial charge in [0.05, 0.1) is 6.04 Å². The Labute approximate surface area is 75.5 Å². The molecule has 13 heavy (non-hydrogen) atoms. The van der Waals surface area contributed by atoms with Gasteiger partial charge in [-0.1, -0.05) is 0 Å². The molecule has 74 valence electrons. The fourth-order valence-corrected chi connectivity index (χ4v) is 2.30. The minimum Gasteiger partial charge on any atom is -0.465 e. The lowest BCUT2D eigenvalue weighted by molar-refractivity contribution is 0.140. The van der Waals surface area contributed by atoms with Crippen molar-refractivity contribution in [2.75, 3.05) is 0 Å². The Morgan fingerprint density at radius 2 is 2.31 bits per heavy atom. The average molecular weight is 188 g/mol. The molecule has 2 fully saturated rings. The van der Waals surface area contributed by atoms with E-state index in [-0.39, 0.29) is 6.04 Å². The predicted molar refractivity (Wildman–Crippen MR) is 44.4 cm³/mol. The van der Waals surface area contributed by atoms with E-state index in [9.17, 15) is 9.18 Å². The largest absolute Gasteiger partial charge is 0.465 e. The molecule has 1 amide bonds. The summed E-state index contributed by atoms with van der Waals surface area (Å²) in [6, 6.07) is -0.360. The van der Waals surface area contributed by atoms with E-state index in [0.29, 0.717) is 12.5 Å². The molecule has 0 unspecified atom stereocenters. The van der Waals surface area contributed by atoms with Crippen LogP contribution in [0.3, 0.4) is 0 Å². The number of hydrogen-bond acceptors (Lipinski definition) is 2. The van der Waals surface area contributed by atoms with Crippen molar-refractivity contribution in [1.29, 1.82) is 0 Å². The summed E-state index contributed by atoms with van der Waals surface area (Å²) in [6.45, 7) is 0. The van der Waals surface area contributed by atoms with Crippen molar-refractivity contribution in [2.45, 2.75) is 43.6 Å². The zero-order valence-electron chi connectivity index (χ0n) is 7.16. The first-order chi connectivity index (χ1) is 6.16. The number of fused-ring (bicyclic) bond motifs is 2. The van der Waals surface area contributed by atoms with Crippen LogP contribution in [0.25, 0.3) is 0 Å². The zero-order valence-corrected chi connectivity index (χ0v) is 7.16. The van der Waals surface area contributed by atoms with Crippen molar-refractivity contribution >= 4 is 6.09 Å². The van der Waals surface area contributed by atoms with Gasteiger partial charge in [0.25, 0.3) is 0 Å². The van der Waals surface area contributed by atoms with Crippen LogP contribution in [0, 0.1) is 0 Å². The standard InChI is InChI=1S/C8H13FN2O2/c9-7-5-2-1-4(10-5)3-6(7)11-8(12)13/h4-7,10-11H,1-3H2,(H,12,13)/t4-,5+,6-,7+/m1/s1. The lowest BCUT2D eigenvalue weighted by Gasteiger charge is -2.32. The van der Waals surface area contributed by atoms with E-state index >= 15 is 0 Å². The summed E-state index contributed by atoms with van der Waals surface area (Å²) in [4.78, 5) is 10.3. The molecule has 0 aromatic rings. The van der Waals surface area contributed by atoms with Crippen LogP contribution >= 0.6 is 0 Å². The summed E-state index contributed by atoms with van der Waals surface area (Å²) in [5, 5.41) is 13.8. The summed E-state index contributed by atoms with van der Waals surface area (Å²) in [5.41, 5.74) is 0. The van der Waals surface area contributed by atoms with E-state index in [1.807, 2.05) is 0 Å². The Balaban J connectivity index is 2.00. The Hall–Kier alpha value is -0.840. The van der Waals surface area contributed by atoms with Gasteiger partial charge in [-0.15, -0.1) is 0 Å². The monoisotopic (exact) mass is 188 g/mol. The van der Waals surface area contributed by atoms with Crippen LogP contribution in [0.2, 0.25) is 0 Å². The summed E-state index contributed by atoms with van der Waals surface area (Å²) in [5.74, 6) is 0. The van der Waals surface area contributed by atoms with E-state index in [4.69, 9.17) is 5.11 Å². The minimum atomic E-state index is -1.13. The number of nitrogens with one attached hydrogen (secondary N) is 2. The van der Waals surface area contributed by atoms with Crippen LogP contribution < -0.4 is 10.6 Å². The third kappa shape index (κ3) is 1.60. The molecule has 0 aromatic carbocycles. The lowest BCUT2D eigenvalue weighted by atomic mass is 9.98. The molecule has 0 aliphatic carbocycles. The Kier molecular flexibility index (Phi) is 2.11. The third-order valence-electron chi connectivity index (χ3n) is 2.89. The fourth-order valence-electron chi connectivity index (χ4n) is 2.30. The van der Waals surface area contributed by atoms with Crippen LogP contribution in [0.5, 0.6) is 0 Å². The van der Waals surface area contributed by atoms with Gasteiger partial charge in [0, 0.05) is 12.1 Å². The molecule has 4 nitrogen and oxygen atoms in total. The molecule has 2 aliphatic heterocycles. The van der Waals surface area contributed by atoms with Crippen molar-refractivity contribution in [1.82, 2.24) is 10.6 Å². The molecule has 2 saturated heterocycles. The second-order valence-electron chi connectivity index (χ2n) is 3.78. The van der Waals surface area contributed by atoms with E-state index < -0.39 is 18.3 Å². The Bertz CT molecular complexity index is 224. The number of alkyl halides is 1. The highest BCUT2D eigenvalue weighted by Crippen LogP contribution is 2.29. The van der Waals surface area contributed by atoms with Gasteiger partial charge in [-0.3, -0.25) is 0 Å². The highest BCUT2D eigenvalue weighted by Gasteiger charge is 2.42. The fraction of sp³-hybridized carbons (Fsp3) is 0.875. The minimum absolute atomic E-state index is 0.143. The number of rotatable bonds is 1. The van der Waals surface area contributed by atoms with Gasteiger partial charge in [0.2, 0.25) is 0 Å². The number of amides is 1. The molecular formula is C8H13FN2O2. The van der Waals surface area contributed by atoms with Gasteiger partial charge in [-0.05, 0) is 19.3 Å². The first kappa shape index (κ1) is 8.74. The summed E-state index contributed by atoms with van der Waals surface area (Å²) >= 11 is 0. The molecule has 0 saturated carbocycles. The molecule has 5 heteroatoms. The second kappa shape index (κ2) is 3.14. The van der Waals surface area contributed by atoms with Gasteiger partial charge in [0.15, 0.2) is 0 Å². The van der Waals surface area contributed by atoms with Gasteiger partial charge < -0.3 is 15.7 Å². The number of piperidine rings is 1. The van der Waals surface area contributed by atoms with Crippen molar-refractivity contribution in [3.8, 4) is 0 Å². The van der Waals surface area contributed by atoms with E-state index in [1.165, 1.54) is 0 Å². The van der Waals surface area contributed by atoms with Crippen LogP contribution in [0.1, 0.15) is 19.3 Å². The summed E-state index contributed by atoms with van der Waals surface area (Å²) in [7, 11) is 0. The topological polar surface area (TPSA) is 61.4 Å². The van der Waals surface area contributed by atoms with Crippen LogP contribution in [0.4, 0.5) is 9.18 Å². The molecule has 3 N–H and O–H groups in total. The second-order valence-corrected chi connectivity index (χ2v) is 3.78. The van der Waals surface area contributed by atoms with E-state index in [2.05, 4.69) is 10.6 Å². The smallest absolute Gasteiger partial charge is 0.404 e. The molecular weight excluding hydrogens is 175 g/mol.